The zero-order chi connectivity index (χ0) is 22.1. The van der Waals surface area contributed by atoms with Gasteiger partial charge in [-0.1, -0.05) is 17.7 Å². The van der Waals surface area contributed by atoms with Gasteiger partial charge in [0.05, 0.1) is 11.4 Å². The van der Waals surface area contributed by atoms with Crippen molar-refractivity contribution in [3.05, 3.63) is 76.2 Å². The van der Waals surface area contributed by atoms with Crippen molar-refractivity contribution in [1.82, 2.24) is 19.7 Å². The average molecular weight is 414 g/mol. The van der Waals surface area contributed by atoms with Crippen molar-refractivity contribution in [2.24, 2.45) is 0 Å². The molecule has 4 aromatic rings. The number of nitrogens with zero attached hydrogens (tertiary/aromatic N) is 4. The maximum atomic E-state index is 12.5. The van der Waals surface area contributed by atoms with Crippen molar-refractivity contribution in [2.75, 3.05) is 5.32 Å². The summed E-state index contributed by atoms with van der Waals surface area (Å²) in [5.74, 6) is 0.534. The van der Waals surface area contributed by atoms with Gasteiger partial charge in [-0.15, -0.1) is 0 Å². The molecular weight excluding hydrogens is 386 g/mol. The molecule has 0 spiro atoms. The molecule has 3 aromatic heterocycles. The third kappa shape index (κ3) is 4.19. The van der Waals surface area contributed by atoms with Crippen molar-refractivity contribution in [3.8, 4) is 5.69 Å². The molecule has 4 rings (SSSR count). The normalized spacial score (nSPS) is 11.1. The smallest absolute Gasteiger partial charge is 0.225 e. The summed E-state index contributed by atoms with van der Waals surface area (Å²) in [7, 11) is 0. The highest BCUT2D eigenvalue weighted by atomic mass is 16.1. The van der Waals surface area contributed by atoms with Gasteiger partial charge in [-0.05, 0) is 82.0 Å². The third-order valence-electron chi connectivity index (χ3n) is 5.64. The summed E-state index contributed by atoms with van der Waals surface area (Å²) in [6.45, 7) is 10.2. The van der Waals surface area contributed by atoms with Crippen molar-refractivity contribution in [2.45, 2.75) is 47.5 Å². The first-order valence-corrected chi connectivity index (χ1v) is 10.5. The molecule has 0 atom stereocenters. The van der Waals surface area contributed by atoms with E-state index in [1.807, 2.05) is 37.6 Å². The number of benzene rings is 1. The van der Waals surface area contributed by atoms with Crippen molar-refractivity contribution in [3.63, 3.8) is 0 Å². The number of carbonyl (C=O) groups is 1. The summed E-state index contributed by atoms with van der Waals surface area (Å²) in [4.78, 5) is 21.6. The Labute approximate surface area is 182 Å². The largest absolute Gasteiger partial charge is 0.311 e. The predicted molar refractivity (Wildman–Crippen MR) is 124 cm³/mol. The Hall–Kier alpha value is -3.54. The number of rotatable bonds is 5. The molecule has 31 heavy (non-hydrogen) atoms. The first-order valence-electron chi connectivity index (χ1n) is 10.5. The van der Waals surface area contributed by atoms with Crippen LogP contribution in [0.5, 0.6) is 0 Å². The summed E-state index contributed by atoms with van der Waals surface area (Å²) in [6, 6.07) is 12.0. The first-order chi connectivity index (χ1) is 14.8. The monoisotopic (exact) mass is 413 g/mol. The molecule has 158 valence electrons. The highest BCUT2D eigenvalue weighted by Gasteiger charge is 2.18. The zero-order valence-electron chi connectivity index (χ0n) is 18.7. The number of nitrogens with one attached hydrogen (secondary N) is 1. The summed E-state index contributed by atoms with van der Waals surface area (Å²) in [5.41, 5.74) is 8.23. The van der Waals surface area contributed by atoms with Gasteiger partial charge < -0.3 is 5.32 Å². The minimum Gasteiger partial charge on any atom is -0.311 e. The van der Waals surface area contributed by atoms with Crippen LogP contribution in [0, 0.1) is 34.6 Å². The van der Waals surface area contributed by atoms with Gasteiger partial charge in [0, 0.05) is 23.7 Å². The SMILES string of the molecule is Cc1ccc(-n2nc(C)c3c(C)c(CCC(=O)Nc4cc(C)ccn4)c(C)nc32)cc1. The van der Waals surface area contributed by atoms with E-state index in [9.17, 15) is 4.79 Å². The van der Waals surface area contributed by atoms with Gasteiger partial charge in [0.2, 0.25) is 5.91 Å². The van der Waals surface area contributed by atoms with Crippen molar-refractivity contribution >= 4 is 22.8 Å². The van der Waals surface area contributed by atoms with Gasteiger partial charge in [0.1, 0.15) is 5.82 Å². The number of amides is 1. The van der Waals surface area contributed by atoms with Gasteiger partial charge in [-0.2, -0.15) is 5.10 Å². The van der Waals surface area contributed by atoms with Crippen LogP contribution >= 0.6 is 0 Å². The van der Waals surface area contributed by atoms with Crippen LogP contribution in [-0.4, -0.2) is 25.7 Å². The second kappa shape index (κ2) is 8.30. The quantitative estimate of drug-likeness (QED) is 0.504. The summed E-state index contributed by atoms with van der Waals surface area (Å²) < 4.78 is 1.91. The second-order valence-corrected chi connectivity index (χ2v) is 8.10. The van der Waals surface area contributed by atoms with E-state index in [0.717, 1.165) is 44.8 Å². The number of anilines is 1. The van der Waals surface area contributed by atoms with Crippen LogP contribution in [0.3, 0.4) is 0 Å². The predicted octanol–water partition coefficient (Wildman–Crippen LogP) is 4.93. The minimum atomic E-state index is -0.0518. The van der Waals surface area contributed by atoms with Crippen molar-refractivity contribution in [1.29, 1.82) is 0 Å². The molecule has 0 aliphatic rings. The van der Waals surface area contributed by atoms with Crippen LogP contribution in [0.4, 0.5) is 5.82 Å². The van der Waals surface area contributed by atoms with Crippen LogP contribution in [0.1, 0.15) is 40.1 Å². The van der Waals surface area contributed by atoms with Crippen LogP contribution < -0.4 is 5.32 Å². The Morgan fingerprint density at radius 3 is 2.42 bits per heavy atom. The van der Waals surface area contributed by atoms with Crippen LogP contribution in [0.25, 0.3) is 16.7 Å². The molecule has 0 aliphatic carbocycles. The lowest BCUT2D eigenvalue weighted by Gasteiger charge is -2.12. The van der Waals surface area contributed by atoms with E-state index in [1.54, 1.807) is 6.20 Å². The van der Waals surface area contributed by atoms with E-state index < -0.39 is 0 Å². The zero-order valence-corrected chi connectivity index (χ0v) is 18.7. The van der Waals surface area contributed by atoms with Gasteiger partial charge in [-0.3, -0.25) is 4.79 Å². The maximum Gasteiger partial charge on any atom is 0.225 e. The number of hydrogen-bond acceptors (Lipinski definition) is 4. The lowest BCUT2D eigenvalue weighted by Crippen LogP contribution is -2.14. The van der Waals surface area contributed by atoms with Crippen molar-refractivity contribution < 1.29 is 4.79 Å². The average Bonchev–Trinajstić information content (AvgIpc) is 3.04. The molecule has 6 nitrogen and oxygen atoms in total. The number of carbonyl (C=O) groups excluding carboxylic acids is 1. The lowest BCUT2D eigenvalue weighted by atomic mass is 9.99. The molecule has 0 aliphatic heterocycles. The molecule has 0 unspecified atom stereocenters. The van der Waals surface area contributed by atoms with Gasteiger partial charge in [0.15, 0.2) is 5.65 Å². The summed E-state index contributed by atoms with van der Waals surface area (Å²) >= 11 is 0. The Kier molecular flexibility index (Phi) is 5.55. The Morgan fingerprint density at radius 1 is 0.968 bits per heavy atom. The minimum absolute atomic E-state index is 0.0518. The summed E-state index contributed by atoms with van der Waals surface area (Å²) in [6.07, 6.45) is 2.69. The molecule has 0 bridgehead atoms. The van der Waals surface area contributed by atoms with Crippen LogP contribution in [0.15, 0.2) is 42.6 Å². The molecule has 0 radical (unpaired) electrons. The Balaban J connectivity index is 1.61. The van der Waals surface area contributed by atoms with E-state index >= 15 is 0 Å². The van der Waals surface area contributed by atoms with Gasteiger partial charge in [0.25, 0.3) is 0 Å². The molecule has 1 aromatic carbocycles. The topological polar surface area (TPSA) is 72.7 Å². The van der Waals surface area contributed by atoms with E-state index in [-0.39, 0.29) is 5.91 Å². The molecule has 1 amide bonds. The molecule has 3 heterocycles. The lowest BCUT2D eigenvalue weighted by molar-refractivity contribution is -0.116. The summed E-state index contributed by atoms with van der Waals surface area (Å²) in [5, 5.41) is 8.70. The highest BCUT2D eigenvalue weighted by molar-refractivity contribution is 5.90. The first kappa shape index (κ1) is 20.7. The van der Waals surface area contributed by atoms with E-state index in [4.69, 9.17) is 10.1 Å². The molecule has 0 saturated heterocycles. The van der Waals surface area contributed by atoms with Crippen LogP contribution in [0.2, 0.25) is 0 Å². The molecule has 0 saturated carbocycles. The molecule has 6 heteroatoms. The number of hydrogen-bond donors (Lipinski definition) is 1. The fourth-order valence-electron chi connectivity index (χ4n) is 3.99. The number of aromatic nitrogens is 4. The van der Waals surface area contributed by atoms with Gasteiger partial charge >= 0.3 is 0 Å². The maximum absolute atomic E-state index is 12.5. The molecule has 1 N–H and O–H groups in total. The Morgan fingerprint density at radius 2 is 1.71 bits per heavy atom. The van der Waals surface area contributed by atoms with Gasteiger partial charge in [-0.25, -0.2) is 14.6 Å². The third-order valence-corrected chi connectivity index (χ3v) is 5.64. The second-order valence-electron chi connectivity index (χ2n) is 8.10. The number of fused-ring (bicyclic) bond motifs is 1. The highest BCUT2D eigenvalue weighted by Crippen LogP contribution is 2.28. The number of aryl methyl sites for hydroxylation is 5. The standard InChI is InChI=1S/C25H27N5O/c1-15-6-8-20(9-7-15)30-25-24(19(5)29-30)17(3)21(18(4)27-25)10-11-23(31)28-22-14-16(2)12-13-26-22/h6-9,12-14H,10-11H2,1-5H3,(H,26,28,31). The van der Waals surface area contributed by atoms with E-state index in [0.29, 0.717) is 18.7 Å². The molecule has 0 fully saturated rings. The fraction of sp³-hybridized carbons (Fsp3) is 0.280. The van der Waals surface area contributed by atoms with E-state index in [1.165, 1.54) is 5.56 Å². The van der Waals surface area contributed by atoms with E-state index in [2.05, 4.69) is 48.4 Å². The fourth-order valence-corrected chi connectivity index (χ4v) is 3.99. The van der Waals surface area contributed by atoms with Crippen LogP contribution in [-0.2, 0) is 11.2 Å². The Bertz CT molecular complexity index is 1270. The number of pyridine rings is 2. The molecular formula is C25H27N5O.